The molecule has 0 aromatic carbocycles. The lowest BCUT2D eigenvalue weighted by Gasteiger charge is -2.36. The van der Waals surface area contributed by atoms with Gasteiger partial charge in [0.25, 0.3) is 0 Å². The summed E-state index contributed by atoms with van der Waals surface area (Å²) >= 11 is 0. The van der Waals surface area contributed by atoms with Crippen LogP contribution in [0.1, 0.15) is 19.8 Å². The van der Waals surface area contributed by atoms with Gasteiger partial charge in [-0.15, -0.1) is 0 Å². The Bertz CT molecular complexity index is 396. The highest BCUT2D eigenvalue weighted by Gasteiger charge is 2.49. The maximum absolute atomic E-state index is 11.9. The Kier molecular flexibility index (Phi) is 5.32. The summed E-state index contributed by atoms with van der Waals surface area (Å²) in [4.78, 5) is 29.6. The Balaban J connectivity index is 2.96. The third-order valence-electron chi connectivity index (χ3n) is 2.74. The quantitative estimate of drug-likeness (QED) is 0.519. The van der Waals surface area contributed by atoms with Crippen molar-refractivity contribution >= 4 is 15.2 Å². The fourth-order valence-electron chi connectivity index (χ4n) is 1.93. The molecule has 0 radical (unpaired) electrons. The molecule has 0 amide bonds. The molecular formula is C9H19NO6P2. The first-order chi connectivity index (χ1) is 8.18. The van der Waals surface area contributed by atoms with Crippen molar-refractivity contribution in [2.75, 3.05) is 19.7 Å². The lowest BCUT2D eigenvalue weighted by Crippen LogP contribution is -2.39. The molecule has 9 heteroatoms. The van der Waals surface area contributed by atoms with Crippen molar-refractivity contribution in [2.45, 2.75) is 25.3 Å². The standard InChI is InChI=1S/C9H19NO6P2/c1-3-16-18(14,15)9(17(11,12)13)10-6-4-8(2)5-7-10/h9H,2-7H2,1H3,(H,14,15)(H2,11,12,13). The van der Waals surface area contributed by atoms with Crippen molar-refractivity contribution in [2.24, 2.45) is 0 Å². The van der Waals surface area contributed by atoms with E-state index in [9.17, 15) is 23.8 Å². The van der Waals surface area contributed by atoms with Crippen LogP contribution in [0.25, 0.3) is 0 Å². The molecule has 0 bridgehead atoms. The Morgan fingerprint density at radius 2 is 1.83 bits per heavy atom. The second-order valence-corrected chi connectivity index (χ2v) is 8.15. The molecule has 3 N–H and O–H groups in total. The maximum atomic E-state index is 11.9. The Morgan fingerprint density at radius 1 is 1.33 bits per heavy atom. The maximum Gasteiger partial charge on any atom is 0.357 e. The molecule has 1 aliphatic rings. The fraction of sp³-hybridized carbons (Fsp3) is 0.778. The summed E-state index contributed by atoms with van der Waals surface area (Å²) in [5.41, 5.74) is -0.807. The first kappa shape index (κ1) is 16.1. The number of nitrogens with zero attached hydrogens (tertiary/aromatic N) is 1. The molecule has 7 nitrogen and oxygen atoms in total. The number of hydrogen-bond acceptors (Lipinski definition) is 4. The normalized spacial score (nSPS) is 23.7. The van der Waals surface area contributed by atoms with Gasteiger partial charge in [0.05, 0.1) is 6.61 Å². The third kappa shape index (κ3) is 4.00. The Morgan fingerprint density at radius 3 is 2.22 bits per heavy atom. The first-order valence-corrected chi connectivity index (χ1v) is 8.94. The van der Waals surface area contributed by atoms with Gasteiger partial charge in [0.2, 0.25) is 5.52 Å². The van der Waals surface area contributed by atoms with Crippen LogP contribution in [0.2, 0.25) is 0 Å². The van der Waals surface area contributed by atoms with E-state index in [1.54, 1.807) is 0 Å². The van der Waals surface area contributed by atoms with E-state index in [1.165, 1.54) is 11.8 Å². The van der Waals surface area contributed by atoms with Gasteiger partial charge < -0.3 is 19.2 Å². The summed E-state index contributed by atoms with van der Waals surface area (Å²) in [6.07, 6.45) is 1.12. The molecule has 1 aliphatic heterocycles. The van der Waals surface area contributed by atoms with E-state index in [1.807, 2.05) is 0 Å². The van der Waals surface area contributed by atoms with E-state index >= 15 is 0 Å². The Hall–Kier alpha value is -0.0000000000000000416. The lowest BCUT2D eigenvalue weighted by atomic mass is 10.1. The summed E-state index contributed by atoms with van der Waals surface area (Å²) < 4.78 is 28.0. The zero-order chi connectivity index (χ0) is 14.0. The van der Waals surface area contributed by atoms with Gasteiger partial charge in [-0.1, -0.05) is 12.2 Å². The van der Waals surface area contributed by atoms with Gasteiger partial charge in [0.1, 0.15) is 0 Å². The van der Waals surface area contributed by atoms with Crippen LogP contribution in [-0.4, -0.2) is 44.8 Å². The zero-order valence-corrected chi connectivity index (χ0v) is 12.0. The van der Waals surface area contributed by atoms with Gasteiger partial charge in [0.15, 0.2) is 0 Å². The minimum atomic E-state index is -4.76. The predicted octanol–water partition coefficient (Wildman–Crippen LogP) is 1.32. The van der Waals surface area contributed by atoms with E-state index in [-0.39, 0.29) is 6.61 Å². The van der Waals surface area contributed by atoms with Crippen LogP contribution in [0.5, 0.6) is 0 Å². The van der Waals surface area contributed by atoms with E-state index in [0.29, 0.717) is 25.9 Å². The average Bonchev–Trinajstić information content (AvgIpc) is 2.18. The molecule has 0 spiro atoms. The second kappa shape index (κ2) is 5.97. The summed E-state index contributed by atoms with van der Waals surface area (Å²) in [7, 11) is -9.14. The van der Waals surface area contributed by atoms with Gasteiger partial charge in [-0.2, -0.15) is 0 Å². The van der Waals surface area contributed by atoms with E-state index in [0.717, 1.165) is 5.57 Å². The second-order valence-electron chi connectivity index (χ2n) is 4.20. The van der Waals surface area contributed by atoms with Crippen LogP contribution in [0.4, 0.5) is 0 Å². The molecule has 18 heavy (non-hydrogen) atoms. The summed E-state index contributed by atoms with van der Waals surface area (Å²) in [6, 6.07) is 0. The molecule has 0 aromatic heterocycles. The van der Waals surface area contributed by atoms with Crippen LogP contribution < -0.4 is 0 Å². The van der Waals surface area contributed by atoms with Gasteiger partial charge in [-0.05, 0) is 19.8 Å². The predicted molar refractivity (Wildman–Crippen MR) is 67.2 cm³/mol. The summed E-state index contributed by atoms with van der Waals surface area (Å²) in [6.45, 7) is 5.80. The van der Waals surface area contributed by atoms with Crippen LogP contribution in [0.15, 0.2) is 12.2 Å². The van der Waals surface area contributed by atoms with Crippen molar-refractivity contribution < 1.29 is 28.3 Å². The van der Waals surface area contributed by atoms with Crippen LogP contribution in [0, 0.1) is 0 Å². The van der Waals surface area contributed by atoms with E-state index in [2.05, 4.69) is 11.1 Å². The molecule has 2 unspecified atom stereocenters. The van der Waals surface area contributed by atoms with Gasteiger partial charge >= 0.3 is 15.2 Å². The first-order valence-electron chi connectivity index (χ1n) is 5.61. The molecule has 0 aliphatic carbocycles. The molecule has 1 fully saturated rings. The molecular weight excluding hydrogens is 280 g/mol. The monoisotopic (exact) mass is 299 g/mol. The Labute approximate surface area is 106 Å². The smallest absolute Gasteiger partial charge is 0.323 e. The van der Waals surface area contributed by atoms with Crippen molar-refractivity contribution in [1.29, 1.82) is 0 Å². The number of piperidine rings is 1. The SMILES string of the molecule is C=C1CCN(C(P(=O)(O)O)P(=O)(O)OCC)CC1. The highest BCUT2D eigenvalue weighted by atomic mass is 31.2. The average molecular weight is 299 g/mol. The largest absolute Gasteiger partial charge is 0.357 e. The minimum Gasteiger partial charge on any atom is -0.323 e. The van der Waals surface area contributed by atoms with Crippen LogP contribution >= 0.6 is 15.2 Å². The zero-order valence-electron chi connectivity index (χ0n) is 10.2. The number of hydrogen-bond donors (Lipinski definition) is 3. The molecule has 1 saturated heterocycles. The number of rotatable bonds is 5. The topological polar surface area (TPSA) is 107 Å². The van der Waals surface area contributed by atoms with Gasteiger partial charge in [-0.3, -0.25) is 14.0 Å². The summed E-state index contributed by atoms with van der Waals surface area (Å²) in [5, 5.41) is 0. The molecule has 2 atom stereocenters. The fourth-order valence-corrected chi connectivity index (χ4v) is 5.46. The van der Waals surface area contributed by atoms with Crippen molar-refractivity contribution in [3.05, 3.63) is 12.2 Å². The molecule has 0 saturated carbocycles. The summed E-state index contributed by atoms with van der Waals surface area (Å²) in [5.74, 6) is 0. The minimum absolute atomic E-state index is 0.0785. The van der Waals surface area contributed by atoms with Crippen molar-refractivity contribution in [3.8, 4) is 0 Å². The lowest BCUT2D eigenvalue weighted by molar-refractivity contribution is 0.194. The van der Waals surface area contributed by atoms with Crippen LogP contribution in [-0.2, 0) is 13.7 Å². The number of likely N-dealkylation sites (tertiary alicyclic amines) is 1. The van der Waals surface area contributed by atoms with Crippen molar-refractivity contribution in [3.63, 3.8) is 0 Å². The van der Waals surface area contributed by atoms with Crippen molar-refractivity contribution in [1.82, 2.24) is 4.90 Å². The molecule has 0 aromatic rings. The highest BCUT2D eigenvalue weighted by molar-refractivity contribution is 7.71. The highest BCUT2D eigenvalue weighted by Crippen LogP contribution is 2.64. The third-order valence-corrected chi connectivity index (χ3v) is 6.98. The van der Waals surface area contributed by atoms with Crippen LogP contribution in [0.3, 0.4) is 0 Å². The molecule has 106 valence electrons. The van der Waals surface area contributed by atoms with Gasteiger partial charge in [-0.25, -0.2) is 0 Å². The van der Waals surface area contributed by atoms with E-state index < -0.39 is 20.7 Å². The molecule has 1 rings (SSSR count). The van der Waals surface area contributed by atoms with E-state index in [4.69, 9.17) is 0 Å². The molecule has 1 heterocycles. The van der Waals surface area contributed by atoms with Gasteiger partial charge in [0, 0.05) is 13.1 Å².